The van der Waals surface area contributed by atoms with Crippen molar-refractivity contribution in [1.82, 2.24) is 15.0 Å². The normalized spacial score (nSPS) is 14.2. The molecule has 1 aliphatic rings. The molecule has 9 nitrogen and oxygen atoms in total. The molecule has 0 saturated heterocycles. The van der Waals surface area contributed by atoms with Crippen molar-refractivity contribution >= 4 is 22.8 Å². The van der Waals surface area contributed by atoms with Gasteiger partial charge in [0.15, 0.2) is 23.1 Å². The Kier molecular flexibility index (Phi) is 8.77. The lowest BCUT2D eigenvalue weighted by Gasteiger charge is -2.37. The lowest BCUT2D eigenvalue weighted by molar-refractivity contribution is 0.200. The number of para-hydroxylation sites is 1. The summed E-state index contributed by atoms with van der Waals surface area (Å²) in [5, 5.41) is 12.2. The summed E-state index contributed by atoms with van der Waals surface area (Å²) in [6, 6.07) is 11.5. The van der Waals surface area contributed by atoms with Crippen LogP contribution >= 0.6 is 0 Å². The first-order valence-corrected chi connectivity index (χ1v) is 13.4. The zero-order chi connectivity index (χ0) is 29.6. The van der Waals surface area contributed by atoms with E-state index in [9.17, 15) is 0 Å². The van der Waals surface area contributed by atoms with Crippen molar-refractivity contribution < 1.29 is 28.1 Å². The third kappa shape index (κ3) is 5.82. The van der Waals surface area contributed by atoms with Crippen LogP contribution in [-0.4, -0.2) is 53.5 Å². The Morgan fingerprint density at radius 1 is 1.02 bits per heavy atom. The van der Waals surface area contributed by atoms with E-state index in [0.29, 0.717) is 35.2 Å². The molecule has 2 aromatic heterocycles. The van der Waals surface area contributed by atoms with Crippen LogP contribution in [0.5, 0.6) is 17.2 Å². The van der Waals surface area contributed by atoms with E-state index in [0.717, 1.165) is 29.0 Å². The minimum absolute atomic E-state index is 0.00460. The van der Waals surface area contributed by atoms with Crippen LogP contribution in [-0.2, 0) is 6.54 Å². The number of pyridine rings is 1. The molecular weight excluding hydrogens is 544 g/mol. The maximum absolute atomic E-state index is 15.1. The number of aliphatic hydroxyl groups excluding tert-OH is 1. The molecule has 1 atom stereocenters. The number of methoxy groups -OCH3 is 2. The highest BCUT2D eigenvalue weighted by molar-refractivity contribution is 5.88. The Balaban J connectivity index is 1.52. The molecule has 11 heteroatoms. The molecule has 2 aromatic carbocycles. The van der Waals surface area contributed by atoms with Crippen LogP contribution in [0.25, 0.3) is 5.57 Å². The second-order valence-electron chi connectivity index (χ2n) is 9.45. The summed E-state index contributed by atoms with van der Waals surface area (Å²) >= 11 is 0. The number of aliphatic hydroxyl groups is 1. The molecule has 0 bridgehead atoms. The molecule has 0 aliphatic carbocycles. The van der Waals surface area contributed by atoms with Crippen LogP contribution in [0.4, 0.5) is 26.0 Å². The molecule has 1 unspecified atom stereocenters. The molecule has 2 N–H and O–H groups in total. The van der Waals surface area contributed by atoms with Gasteiger partial charge in [-0.3, -0.25) is 4.98 Å². The van der Waals surface area contributed by atoms with E-state index in [2.05, 4.69) is 15.3 Å². The number of fused-ring (bicyclic) bond motifs is 1. The van der Waals surface area contributed by atoms with Crippen LogP contribution in [0.15, 0.2) is 67.1 Å². The number of nitrogens with zero attached hydrogens (tertiary/aromatic N) is 4. The molecular formula is C31H31F2N5O4. The fourth-order valence-electron chi connectivity index (χ4n) is 4.90. The summed E-state index contributed by atoms with van der Waals surface area (Å²) in [6.45, 7) is 1.70. The summed E-state index contributed by atoms with van der Waals surface area (Å²) in [5.41, 5.74) is 2.99. The van der Waals surface area contributed by atoms with Crippen LogP contribution < -0.4 is 24.4 Å². The number of hydrogen-bond acceptors (Lipinski definition) is 9. The van der Waals surface area contributed by atoms with E-state index >= 15 is 8.78 Å². The molecule has 0 radical (unpaired) electrons. The van der Waals surface area contributed by atoms with E-state index in [4.69, 9.17) is 24.3 Å². The van der Waals surface area contributed by atoms with Crippen molar-refractivity contribution in [3.8, 4) is 17.2 Å². The van der Waals surface area contributed by atoms with E-state index in [-0.39, 0.29) is 37.1 Å². The number of hydrogen-bond donors (Lipinski definition) is 2. The average molecular weight is 576 g/mol. The zero-order valence-corrected chi connectivity index (χ0v) is 23.5. The molecule has 4 aromatic rings. The van der Waals surface area contributed by atoms with Crippen LogP contribution in [0, 0.1) is 11.6 Å². The summed E-state index contributed by atoms with van der Waals surface area (Å²) in [7, 11) is 3.10. The molecule has 5 rings (SSSR count). The quantitative estimate of drug-likeness (QED) is 0.240. The van der Waals surface area contributed by atoms with Crippen molar-refractivity contribution in [2.45, 2.75) is 25.9 Å². The maximum Gasteiger partial charge on any atom is 0.179 e. The van der Waals surface area contributed by atoms with Crippen LogP contribution in [0.2, 0.25) is 0 Å². The highest BCUT2D eigenvalue weighted by Gasteiger charge is 2.29. The van der Waals surface area contributed by atoms with Gasteiger partial charge in [0.05, 0.1) is 38.9 Å². The van der Waals surface area contributed by atoms with E-state index in [1.807, 2.05) is 42.2 Å². The lowest BCUT2D eigenvalue weighted by atomic mass is 9.92. The van der Waals surface area contributed by atoms with Gasteiger partial charge in [-0.05, 0) is 18.6 Å². The smallest absolute Gasteiger partial charge is 0.179 e. The Labute approximate surface area is 242 Å². The van der Waals surface area contributed by atoms with E-state index in [1.165, 1.54) is 7.11 Å². The Morgan fingerprint density at radius 2 is 1.79 bits per heavy atom. The number of halogens is 2. The molecule has 218 valence electrons. The molecule has 42 heavy (non-hydrogen) atoms. The summed E-state index contributed by atoms with van der Waals surface area (Å²) in [5.74, 6) is 0.468. The highest BCUT2D eigenvalue weighted by Crippen LogP contribution is 2.40. The van der Waals surface area contributed by atoms with Crippen molar-refractivity contribution in [3.63, 3.8) is 0 Å². The fraction of sp³-hybridized carbons (Fsp3) is 0.258. The first-order valence-electron chi connectivity index (χ1n) is 13.4. The number of benzene rings is 2. The average Bonchev–Trinajstić information content (AvgIpc) is 3.01. The Bertz CT molecular complexity index is 1580. The molecule has 3 heterocycles. The number of nitrogens with one attached hydrogen (secondary N) is 1. The Morgan fingerprint density at radius 3 is 2.50 bits per heavy atom. The van der Waals surface area contributed by atoms with Gasteiger partial charge in [-0.1, -0.05) is 31.2 Å². The first-order chi connectivity index (χ1) is 20.5. The van der Waals surface area contributed by atoms with Gasteiger partial charge < -0.3 is 29.5 Å². The minimum Gasteiger partial charge on any atom is -0.493 e. The third-order valence-corrected chi connectivity index (χ3v) is 6.96. The van der Waals surface area contributed by atoms with Crippen molar-refractivity contribution in [2.75, 3.05) is 37.7 Å². The summed E-state index contributed by atoms with van der Waals surface area (Å²) in [6.07, 6.45) is 7.52. The lowest BCUT2D eigenvalue weighted by Crippen LogP contribution is -2.37. The standard InChI is InChI=1S/C31H31F2N5O4/c1-4-19-13-22(30-35-17-29(41-3)31(37-30)36-26-9-10-34-16-28(26)40-2)21-7-5-6-8-27(21)38(19)18-23-24(32)14-20(15-25(23)33)42-12-11-39/h5-10,13-17,19,39H,4,11-12,18H2,1-3H3,(H,34,35,36,37). The molecule has 1 aliphatic heterocycles. The predicted octanol–water partition coefficient (Wildman–Crippen LogP) is 5.51. The predicted molar refractivity (Wildman–Crippen MR) is 155 cm³/mol. The van der Waals surface area contributed by atoms with Gasteiger partial charge in [0.2, 0.25) is 0 Å². The molecule has 0 amide bonds. The van der Waals surface area contributed by atoms with Gasteiger partial charge in [-0.25, -0.2) is 18.7 Å². The molecule has 0 spiro atoms. The zero-order valence-electron chi connectivity index (χ0n) is 23.5. The SMILES string of the molecule is CCC1C=C(c2ncc(OC)c(Nc3ccncc3OC)n2)c2ccccc2N1Cc1c(F)cc(OCCO)cc1F. The fourth-order valence-corrected chi connectivity index (χ4v) is 4.90. The van der Waals surface area contributed by atoms with Gasteiger partial charge in [0.25, 0.3) is 0 Å². The Hall–Kier alpha value is -4.77. The number of anilines is 3. The van der Waals surface area contributed by atoms with Gasteiger partial charge in [0.1, 0.15) is 24.0 Å². The second kappa shape index (κ2) is 12.8. The van der Waals surface area contributed by atoms with Crippen molar-refractivity contribution in [1.29, 1.82) is 0 Å². The van der Waals surface area contributed by atoms with Crippen molar-refractivity contribution in [3.05, 3.63) is 95.7 Å². The van der Waals surface area contributed by atoms with Gasteiger partial charge in [-0.15, -0.1) is 0 Å². The third-order valence-electron chi connectivity index (χ3n) is 6.96. The van der Waals surface area contributed by atoms with Gasteiger partial charge in [0, 0.05) is 53.3 Å². The maximum atomic E-state index is 15.1. The van der Waals surface area contributed by atoms with Crippen LogP contribution in [0.3, 0.4) is 0 Å². The molecule has 0 saturated carbocycles. The van der Waals surface area contributed by atoms with E-state index < -0.39 is 11.6 Å². The first kappa shape index (κ1) is 28.7. The second-order valence-corrected chi connectivity index (χ2v) is 9.45. The number of rotatable bonds is 11. The summed E-state index contributed by atoms with van der Waals surface area (Å²) in [4.78, 5) is 15.5. The molecule has 0 fully saturated rings. The monoisotopic (exact) mass is 575 g/mol. The van der Waals surface area contributed by atoms with Crippen molar-refractivity contribution in [2.24, 2.45) is 0 Å². The highest BCUT2D eigenvalue weighted by atomic mass is 19.1. The van der Waals surface area contributed by atoms with Gasteiger partial charge >= 0.3 is 0 Å². The number of ether oxygens (including phenoxy) is 3. The number of aromatic nitrogens is 3. The van der Waals surface area contributed by atoms with Gasteiger partial charge in [-0.2, -0.15) is 0 Å². The minimum atomic E-state index is -0.717. The summed E-state index contributed by atoms with van der Waals surface area (Å²) < 4.78 is 46.4. The van der Waals surface area contributed by atoms with Crippen LogP contribution in [0.1, 0.15) is 30.3 Å². The topological polar surface area (TPSA) is 102 Å². The van der Waals surface area contributed by atoms with E-state index in [1.54, 1.807) is 31.8 Å². The largest absolute Gasteiger partial charge is 0.493 e.